The number of hydrogen-bond acceptors (Lipinski definition) is 7. The van der Waals surface area contributed by atoms with Crippen LogP contribution in [-0.2, 0) is 9.59 Å². The second-order valence-electron chi connectivity index (χ2n) is 8.00. The van der Waals surface area contributed by atoms with E-state index in [0.717, 1.165) is 24.4 Å². The standard InChI is InChI=1S/C19H28N8O2.2ClH/c1-13-9-17(27-19(23-13)21-12-22-27)24-5-7-25(8-6-24)18(29)15-3-4-16(20)11-26(10-15)14(2)28;;/h9,12,15-16H,3-8,10-11,20H2,1-2H3;2*1H/t15-,16+;;/m1../s1. The third-order valence-corrected chi connectivity index (χ3v) is 5.85. The second-order valence-corrected chi connectivity index (χ2v) is 8.00. The molecule has 0 radical (unpaired) electrons. The zero-order chi connectivity index (χ0) is 20.5. The predicted octanol–water partition coefficient (Wildman–Crippen LogP) is 0.511. The van der Waals surface area contributed by atoms with Crippen LogP contribution in [0.4, 0.5) is 5.82 Å². The molecule has 4 heterocycles. The van der Waals surface area contributed by atoms with Crippen LogP contribution in [0.15, 0.2) is 12.4 Å². The maximum absolute atomic E-state index is 13.1. The van der Waals surface area contributed by atoms with Gasteiger partial charge in [-0.25, -0.2) is 4.98 Å². The lowest BCUT2D eigenvalue weighted by Gasteiger charge is -2.37. The number of fused-ring (bicyclic) bond motifs is 1. The van der Waals surface area contributed by atoms with Gasteiger partial charge in [0.15, 0.2) is 0 Å². The smallest absolute Gasteiger partial charge is 0.254 e. The molecule has 12 heteroatoms. The molecule has 0 spiro atoms. The van der Waals surface area contributed by atoms with Crippen molar-refractivity contribution in [1.82, 2.24) is 29.4 Å². The summed E-state index contributed by atoms with van der Waals surface area (Å²) >= 11 is 0. The number of amides is 2. The monoisotopic (exact) mass is 472 g/mol. The van der Waals surface area contributed by atoms with Gasteiger partial charge in [0, 0.05) is 64.0 Å². The molecular formula is C19H30Cl2N8O2. The summed E-state index contributed by atoms with van der Waals surface area (Å²) in [5, 5.41) is 4.28. The first-order valence-corrected chi connectivity index (χ1v) is 10.1. The van der Waals surface area contributed by atoms with Crippen molar-refractivity contribution in [3.8, 4) is 0 Å². The Balaban J connectivity index is 0.00000171. The molecule has 2 atom stereocenters. The van der Waals surface area contributed by atoms with Crippen LogP contribution in [0.3, 0.4) is 0 Å². The molecule has 0 bridgehead atoms. The Hall–Kier alpha value is -2.17. The lowest BCUT2D eigenvalue weighted by atomic mass is 10.00. The molecule has 2 N–H and O–H groups in total. The highest BCUT2D eigenvalue weighted by atomic mass is 35.5. The minimum absolute atomic E-state index is 0. The van der Waals surface area contributed by atoms with Crippen LogP contribution in [0.1, 0.15) is 25.5 Å². The van der Waals surface area contributed by atoms with Gasteiger partial charge in [-0.3, -0.25) is 9.59 Å². The topological polar surface area (TPSA) is 113 Å². The molecule has 2 aliphatic rings. The van der Waals surface area contributed by atoms with Crippen molar-refractivity contribution in [2.45, 2.75) is 32.7 Å². The van der Waals surface area contributed by atoms with Crippen LogP contribution in [0, 0.1) is 12.8 Å². The number of aryl methyl sites for hydroxylation is 1. The van der Waals surface area contributed by atoms with Crippen molar-refractivity contribution in [3.63, 3.8) is 0 Å². The van der Waals surface area contributed by atoms with E-state index in [1.165, 1.54) is 6.33 Å². The number of aromatic nitrogens is 4. The molecule has 2 aromatic heterocycles. The maximum atomic E-state index is 13.1. The van der Waals surface area contributed by atoms with Crippen molar-refractivity contribution >= 4 is 48.2 Å². The van der Waals surface area contributed by atoms with Gasteiger partial charge >= 0.3 is 0 Å². The summed E-state index contributed by atoms with van der Waals surface area (Å²) in [4.78, 5) is 39.4. The molecule has 10 nitrogen and oxygen atoms in total. The molecule has 0 aliphatic carbocycles. The van der Waals surface area contributed by atoms with Crippen molar-refractivity contribution in [2.75, 3.05) is 44.2 Å². The molecule has 2 saturated heterocycles. The van der Waals surface area contributed by atoms with E-state index in [-0.39, 0.29) is 48.6 Å². The number of hydrogen-bond donors (Lipinski definition) is 1. The van der Waals surface area contributed by atoms with Crippen LogP contribution >= 0.6 is 24.8 Å². The molecule has 4 rings (SSSR count). The van der Waals surface area contributed by atoms with Crippen molar-refractivity contribution in [1.29, 1.82) is 0 Å². The predicted molar refractivity (Wildman–Crippen MR) is 122 cm³/mol. The number of carbonyl (C=O) groups is 2. The molecule has 2 aromatic rings. The summed E-state index contributed by atoms with van der Waals surface area (Å²) in [6, 6.07) is 1.94. The average molecular weight is 473 g/mol. The van der Waals surface area contributed by atoms with Crippen molar-refractivity contribution in [3.05, 3.63) is 18.1 Å². The number of piperazine rings is 1. The van der Waals surface area contributed by atoms with Crippen LogP contribution in [0.25, 0.3) is 5.78 Å². The summed E-state index contributed by atoms with van der Waals surface area (Å²) in [6.07, 6.45) is 3.00. The first-order valence-electron chi connectivity index (χ1n) is 10.1. The first-order chi connectivity index (χ1) is 13.9. The van der Waals surface area contributed by atoms with Gasteiger partial charge < -0.3 is 20.4 Å². The third kappa shape index (κ3) is 5.36. The number of halogens is 2. The molecule has 0 unspecified atom stereocenters. The third-order valence-electron chi connectivity index (χ3n) is 5.85. The van der Waals surface area contributed by atoms with E-state index >= 15 is 0 Å². The lowest BCUT2D eigenvalue weighted by Crippen LogP contribution is -2.52. The number of nitrogens with two attached hydrogens (primary N) is 1. The number of nitrogens with zero attached hydrogens (tertiary/aromatic N) is 7. The zero-order valence-corrected chi connectivity index (χ0v) is 19.4. The Labute approximate surface area is 194 Å². The van der Waals surface area contributed by atoms with E-state index in [1.807, 2.05) is 17.9 Å². The summed E-state index contributed by atoms with van der Waals surface area (Å²) < 4.78 is 1.74. The minimum Gasteiger partial charge on any atom is -0.353 e. The second kappa shape index (κ2) is 10.4. The molecule has 31 heavy (non-hydrogen) atoms. The fourth-order valence-electron chi connectivity index (χ4n) is 4.23. The number of rotatable bonds is 2. The summed E-state index contributed by atoms with van der Waals surface area (Å²) in [5.74, 6) is 1.46. The Morgan fingerprint density at radius 3 is 2.45 bits per heavy atom. The summed E-state index contributed by atoms with van der Waals surface area (Å²) in [7, 11) is 0. The van der Waals surface area contributed by atoms with E-state index in [1.54, 1.807) is 16.3 Å². The molecule has 0 aromatic carbocycles. The van der Waals surface area contributed by atoms with Gasteiger partial charge in [0.2, 0.25) is 11.8 Å². The minimum atomic E-state index is -0.177. The zero-order valence-electron chi connectivity index (χ0n) is 17.8. The van der Waals surface area contributed by atoms with Gasteiger partial charge in [0.1, 0.15) is 12.1 Å². The van der Waals surface area contributed by atoms with Gasteiger partial charge in [0.25, 0.3) is 5.78 Å². The highest BCUT2D eigenvalue weighted by Gasteiger charge is 2.32. The fourth-order valence-corrected chi connectivity index (χ4v) is 4.23. The lowest BCUT2D eigenvalue weighted by molar-refractivity contribution is -0.138. The Kier molecular flexibility index (Phi) is 8.44. The highest BCUT2D eigenvalue weighted by molar-refractivity contribution is 5.85. The number of carbonyl (C=O) groups excluding carboxylic acids is 2. The molecule has 0 saturated carbocycles. The molecule has 2 fully saturated rings. The van der Waals surface area contributed by atoms with Crippen LogP contribution in [-0.4, -0.2) is 86.5 Å². The summed E-state index contributed by atoms with van der Waals surface area (Å²) in [5.41, 5.74) is 6.98. The normalized spacial score (nSPS) is 21.8. The maximum Gasteiger partial charge on any atom is 0.254 e. The Morgan fingerprint density at radius 2 is 1.77 bits per heavy atom. The van der Waals surface area contributed by atoms with E-state index < -0.39 is 0 Å². The quantitative estimate of drug-likeness (QED) is 0.676. The van der Waals surface area contributed by atoms with E-state index in [4.69, 9.17) is 5.73 Å². The molecular weight excluding hydrogens is 443 g/mol. The highest BCUT2D eigenvalue weighted by Crippen LogP contribution is 2.22. The van der Waals surface area contributed by atoms with Crippen LogP contribution in [0.2, 0.25) is 0 Å². The first kappa shape index (κ1) is 25.1. The van der Waals surface area contributed by atoms with E-state index in [9.17, 15) is 9.59 Å². The van der Waals surface area contributed by atoms with Gasteiger partial charge in [-0.1, -0.05) is 0 Å². The average Bonchev–Trinajstić information content (AvgIpc) is 3.08. The van der Waals surface area contributed by atoms with Gasteiger partial charge in [-0.2, -0.15) is 14.6 Å². The van der Waals surface area contributed by atoms with Gasteiger partial charge in [-0.15, -0.1) is 24.8 Å². The summed E-state index contributed by atoms with van der Waals surface area (Å²) in [6.45, 7) is 7.18. The fraction of sp³-hybridized carbons (Fsp3) is 0.632. The van der Waals surface area contributed by atoms with Crippen molar-refractivity contribution < 1.29 is 9.59 Å². The number of anilines is 1. The van der Waals surface area contributed by atoms with Crippen molar-refractivity contribution in [2.24, 2.45) is 11.7 Å². The largest absolute Gasteiger partial charge is 0.353 e. The number of likely N-dealkylation sites (tertiary alicyclic amines) is 1. The van der Waals surface area contributed by atoms with Gasteiger partial charge in [-0.05, 0) is 19.8 Å². The van der Waals surface area contributed by atoms with E-state index in [0.29, 0.717) is 45.0 Å². The van der Waals surface area contributed by atoms with E-state index in [2.05, 4.69) is 20.0 Å². The molecule has 2 amide bonds. The Morgan fingerprint density at radius 1 is 1.06 bits per heavy atom. The SMILES string of the molecule is CC(=O)N1C[C@@H](N)CC[C@@H](C(=O)N2CCN(c3cc(C)nc4ncnn34)CC2)C1.Cl.Cl. The van der Waals surface area contributed by atoms with Crippen LogP contribution < -0.4 is 10.6 Å². The molecule has 172 valence electrons. The molecule has 2 aliphatic heterocycles. The van der Waals surface area contributed by atoms with Gasteiger partial charge in [0.05, 0.1) is 5.92 Å². The Bertz CT molecular complexity index is 915. The van der Waals surface area contributed by atoms with Crippen LogP contribution in [0.5, 0.6) is 0 Å².